The predicted molar refractivity (Wildman–Crippen MR) is 109 cm³/mol. The number of hydrogen-bond donors (Lipinski definition) is 0. The Balaban J connectivity index is 2.00. The molecule has 0 N–H and O–H groups in total. The van der Waals surface area contributed by atoms with Crippen molar-refractivity contribution in [2.45, 2.75) is 0 Å². The minimum absolute atomic E-state index is 0.00677. The van der Waals surface area contributed by atoms with Crippen LogP contribution < -0.4 is 10.9 Å². The maximum atomic E-state index is 13.1. The summed E-state index contributed by atoms with van der Waals surface area (Å²) < 4.78 is 0. The van der Waals surface area contributed by atoms with Crippen LogP contribution in [0.3, 0.4) is 0 Å². The molecule has 0 heterocycles. The molecule has 6 aromatic rings. The van der Waals surface area contributed by atoms with Gasteiger partial charge in [0.2, 0.25) is 0 Å². The standard InChI is InChI=1S/C24H12O2/c25-23-18-10-9-16-15-7-3-4-8-17(15)24(26)22(16)21(18)19-11-13-5-1-2-6-14(13)12-20(19)23/h1-12H. The third-order valence-corrected chi connectivity index (χ3v) is 5.54. The molecular formula is C24H12O2. The first-order chi connectivity index (χ1) is 12.7. The summed E-state index contributed by atoms with van der Waals surface area (Å²) in [5.41, 5.74) is 0.0218. The Hall–Kier alpha value is -3.52. The van der Waals surface area contributed by atoms with Crippen LogP contribution in [0.5, 0.6) is 0 Å². The lowest BCUT2D eigenvalue weighted by molar-refractivity contribution is 1.79. The van der Waals surface area contributed by atoms with E-state index in [0.717, 1.165) is 37.7 Å². The van der Waals surface area contributed by atoms with Crippen LogP contribution in [0.2, 0.25) is 0 Å². The van der Waals surface area contributed by atoms with Crippen molar-refractivity contribution >= 4 is 53.9 Å². The minimum Gasteiger partial charge on any atom is -0.289 e. The number of benzene rings is 4. The van der Waals surface area contributed by atoms with Gasteiger partial charge in [-0.05, 0) is 45.1 Å². The van der Waals surface area contributed by atoms with Gasteiger partial charge in [0.05, 0.1) is 0 Å². The zero-order valence-corrected chi connectivity index (χ0v) is 13.7. The largest absolute Gasteiger partial charge is 0.289 e. The van der Waals surface area contributed by atoms with Gasteiger partial charge in [0.15, 0.2) is 10.9 Å². The van der Waals surface area contributed by atoms with Crippen LogP contribution in [0.25, 0.3) is 53.9 Å². The third-order valence-electron chi connectivity index (χ3n) is 5.54. The summed E-state index contributed by atoms with van der Waals surface area (Å²) >= 11 is 0. The molecule has 26 heavy (non-hydrogen) atoms. The molecule has 2 nitrogen and oxygen atoms in total. The Bertz CT molecular complexity index is 1610. The fourth-order valence-corrected chi connectivity index (χ4v) is 4.36. The lowest BCUT2D eigenvalue weighted by Crippen LogP contribution is -1.96. The van der Waals surface area contributed by atoms with E-state index in [1.807, 2.05) is 72.8 Å². The lowest BCUT2D eigenvalue weighted by Gasteiger charge is -1.99. The van der Waals surface area contributed by atoms with E-state index < -0.39 is 0 Å². The molecule has 0 saturated heterocycles. The van der Waals surface area contributed by atoms with E-state index in [0.29, 0.717) is 16.2 Å². The average molecular weight is 332 g/mol. The molecule has 0 amide bonds. The average Bonchev–Trinajstić information content (AvgIpc) is 3.13. The zero-order valence-electron chi connectivity index (χ0n) is 13.7. The van der Waals surface area contributed by atoms with Crippen molar-refractivity contribution in [1.29, 1.82) is 0 Å². The maximum Gasteiger partial charge on any atom is 0.194 e. The van der Waals surface area contributed by atoms with Crippen LogP contribution in [0.15, 0.2) is 82.4 Å². The Kier molecular flexibility index (Phi) is 2.41. The summed E-state index contributed by atoms with van der Waals surface area (Å²) in [6.07, 6.45) is 0. The number of fused-ring (bicyclic) bond motifs is 8. The Morgan fingerprint density at radius 1 is 0.423 bits per heavy atom. The van der Waals surface area contributed by atoms with Gasteiger partial charge < -0.3 is 0 Å². The molecule has 0 bridgehead atoms. The van der Waals surface area contributed by atoms with E-state index in [4.69, 9.17) is 0 Å². The summed E-state index contributed by atoms with van der Waals surface area (Å²) in [7, 11) is 0. The van der Waals surface area contributed by atoms with E-state index in [9.17, 15) is 9.59 Å². The normalized spacial score (nSPS) is 12.2. The van der Waals surface area contributed by atoms with Gasteiger partial charge in [0, 0.05) is 26.9 Å². The molecule has 120 valence electrons. The highest BCUT2D eigenvalue weighted by molar-refractivity contribution is 6.29. The van der Waals surface area contributed by atoms with E-state index in [-0.39, 0.29) is 10.9 Å². The molecular weight excluding hydrogens is 320 g/mol. The molecule has 0 aliphatic rings. The first kappa shape index (κ1) is 13.7. The maximum absolute atomic E-state index is 13.1. The Morgan fingerprint density at radius 2 is 1.04 bits per heavy atom. The molecule has 0 aromatic heterocycles. The molecule has 0 aliphatic carbocycles. The van der Waals surface area contributed by atoms with Crippen LogP contribution in [0, 0.1) is 0 Å². The molecule has 0 fully saturated rings. The summed E-state index contributed by atoms with van der Waals surface area (Å²) in [6, 6.07) is 23.5. The molecule has 6 aromatic carbocycles. The fourth-order valence-electron chi connectivity index (χ4n) is 4.36. The topological polar surface area (TPSA) is 34.1 Å². The van der Waals surface area contributed by atoms with Gasteiger partial charge in [-0.15, -0.1) is 0 Å². The SMILES string of the molecule is O=c1c2cc3ccccc3cc2c2c1ccc1c3ccccc3c(=O)c12. The zero-order chi connectivity index (χ0) is 17.4. The first-order valence-corrected chi connectivity index (χ1v) is 8.63. The molecule has 2 heteroatoms. The van der Waals surface area contributed by atoms with Crippen molar-refractivity contribution in [1.82, 2.24) is 0 Å². The van der Waals surface area contributed by atoms with Crippen LogP contribution in [0.4, 0.5) is 0 Å². The summed E-state index contributed by atoms with van der Waals surface area (Å²) in [5.74, 6) is 0. The quantitative estimate of drug-likeness (QED) is 0.390. The van der Waals surface area contributed by atoms with Crippen molar-refractivity contribution in [3.63, 3.8) is 0 Å². The monoisotopic (exact) mass is 332 g/mol. The van der Waals surface area contributed by atoms with Gasteiger partial charge in [-0.1, -0.05) is 54.6 Å². The smallest absolute Gasteiger partial charge is 0.194 e. The van der Waals surface area contributed by atoms with Gasteiger partial charge in [0.25, 0.3) is 0 Å². The molecule has 0 atom stereocenters. The van der Waals surface area contributed by atoms with Crippen LogP contribution in [0.1, 0.15) is 0 Å². The second-order valence-corrected chi connectivity index (χ2v) is 6.86. The van der Waals surface area contributed by atoms with Crippen LogP contribution in [-0.2, 0) is 0 Å². The van der Waals surface area contributed by atoms with E-state index in [1.165, 1.54) is 0 Å². The van der Waals surface area contributed by atoms with Crippen molar-refractivity contribution in [3.05, 3.63) is 93.2 Å². The Morgan fingerprint density at radius 3 is 1.81 bits per heavy atom. The van der Waals surface area contributed by atoms with Crippen LogP contribution >= 0.6 is 0 Å². The summed E-state index contributed by atoms with van der Waals surface area (Å²) in [5, 5.41) is 8.40. The second-order valence-electron chi connectivity index (χ2n) is 6.86. The molecule has 6 rings (SSSR count). The molecule has 0 spiro atoms. The van der Waals surface area contributed by atoms with Crippen molar-refractivity contribution in [2.75, 3.05) is 0 Å². The van der Waals surface area contributed by atoms with Crippen molar-refractivity contribution in [3.8, 4) is 0 Å². The molecule has 0 unspecified atom stereocenters. The van der Waals surface area contributed by atoms with E-state index in [1.54, 1.807) is 0 Å². The minimum atomic E-state index is 0.00677. The van der Waals surface area contributed by atoms with Crippen molar-refractivity contribution < 1.29 is 0 Å². The number of hydrogen-bond acceptors (Lipinski definition) is 2. The first-order valence-electron chi connectivity index (χ1n) is 8.63. The third kappa shape index (κ3) is 1.52. The number of rotatable bonds is 0. The van der Waals surface area contributed by atoms with E-state index >= 15 is 0 Å². The molecule has 0 aliphatic heterocycles. The van der Waals surface area contributed by atoms with E-state index in [2.05, 4.69) is 0 Å². The highest BCUT2D eigenvalue weighted by Gasteiger charge is 2.18. The van der Waals surface area contributed by atoms with Gasteiger partial charge in [-0.3, -0.25) is 9.59 Å². The highest BCUT2D eigenvalue weighted by Crippen LogP contribution is 2.35. The van der Waals surface area contributed by atoms with Gasteiger partial charge in [-0.25, -0.2) is 0 Å². The highest BCUT2D eigenvalue weighted by atomic mass is 16.1. The van der Waals surface area contributed by atoms with Crippen molar-refractivity contribution in [2.24, 2.45) is 0 Å². The summed E-state index contributed by atoms with van der Waals surface area (Å²) in [6.45, 7) is 0. The summed E-state index contributed by atoms with van der Waals surface area (Å²) in [4.78, 5) is 26.1. The van der Waals surface area contributed by atoms with Crippen LogP contribution in [-0.4, -0.2) is 0 Å². The van der Waals surface area contributed by atoms with Gasteiger partial charge in [-0.2, -0.15) is 0 Å². The second kappa shape index (κ2) is 4.55. The lowest BCUT2D eigenvalue weighted by atomic mass is 10.0. The Labute approximate surface area is 147 Å². The van der Waals surface area contributed by atoms with Gasteiger partial charge in [0.1, 0.15) is 0 Å². The fraction of sp³-hybridized carbons (Fsp3) is 0. The van der Waals surface area contributed by atoms with Gasteiger partial charge >= 0.3 is 0 Å². The molecule has 0 radical (unpaired) electrons. The molecule has 0 saturated carbocycles. The predicted octanol–water partition coefficient (Wildman–Crippen LogP) is 5.05.